The van der Waals surface area contributed by atoms with Crippen LogP contribution in [0.3, 0.4) is 0 Å². The van der Waals surface area contributed by atoms with Gasteiger partial charge in [0.2, 0.25) is 5.88 Å². The van der Waals surface area contributed by atoms with Gasteiger partial charge in [0, 0.05) is 11.4 Å². The van der Waals surface area contributed by atoms with Crippen LogP contribution < -0.4 is 10.1 Å². The van der Waals surface area contributed by atoms with Crippen LogP contribution in [0.25, 0.3) is 0 Å². The summed E-state index contributed by atoms with van der Waals surface area (Å²) < 4.78 is 5.71. The lowest BCUT2D eigenvalue weighted by Gasteiger charge is -2.18. The number of ether oxygens (including phenoxy) is 1. The molecular formula is C20H18ClN3O2. The Morgan fingerprint density at radius 1 is 1.15 bits per heavy atom. The summed E-state index contributed by atoms with van der Waals surface area (Å²) in [7, 11) is 0. The molecule has 0 amide bonds. The highest BCUT2D eigenvalue weighted by Gasteiger charge is 2.30. The number of nitrogens with one attached hydrogen (secondary N) is 1. The van der Waals surface area contributed by atoms with Crippen LogP contribution in [0.4, 0.5) is 5.82 Å². The van der Waals surface area contributed by atoms with Crippen molar-refractivity contribution in [1.82, 2.24) is 9.97 Å². The van der Waals surface area contributed by atoms with E-state index in [4.69, 9.17) is 16.3 Å². The molecule has 0 saturated carbocycles. The molecule has 1 aromatic heterocycles. The molecule has 0 fully saturated rings. The summed E-state index contributed by atoms with van der Waals surface area (Å²) in [5, 5.41) is 14.3. The van der Waals surface area contributed by atoms with E-state index in [1.54, 1.807) is 12.4 Å². The molecule has 0 unspecified atom stereocenters. The molecular weight excluding hydrogens is 350 g/mol. The molecule has 4 rings (SSSR count). The summed E-state index contributed by atoms with van der Waals surface area (Å²) >= 11 is 5.98. The summed E-state index contributed by atoms with van der Waals surface area (Å²) in [6.45, 7) is 0.355. The molecule has 5 nitrogen and oxygen atoms in total. The third kappa shape index (κ3) is 3.64. The van der Waals surface area contributed by atoms with Gasteiger partial charge < -0.3 is 15.2 Å². The second-order valence-corrected chi connectivity index (χ2v) is 6.69. The van der Waals surface area contributed by atoms with E-state index in [1.807, 2.05) is 48.5 Å². The summed E-state index contributed by atoms with van der Waals surface area (Å²) in [5.41, 5.74) is 3.20. The summed E-state index contributed by atoms with van der Waals surface area (Å²) in [6, 6.07) is 15.3. The topological polar surface area (TPSA) is 67.3 Å². The van der Waals surface area contributed by atoms with Crippen LogP contribution in [-0.4, -0.2) is 21.2 Å². The van der Waals surface area contributed by atoms with Crippen molar-refractivity contribution in [2.75, 3.05) is 5.32 Å². The third-order valence-corrected chi connectivity index (χ3v) is 4.63. The first kappa shape index (κ1) is 16.8. The maximum absolute atomic E-state index is 10.4. The Balaban J connectivity index is 1.46. The molecule has 2 aromatic carbocycles. The van der Waals surface area contributed by atoms with Gasteiger partial charge in [0.1, 0.15) is 12.4 Å². The Hall–Kier alpha value is -2.63. The summed E-state index contributed by atoms with van der Waals surface area (Å²) in [6.07, 6.45) is 3.33. The number of fused-ring (bicyclic) bond motifs is 1. The van der Waals surface area contributed by atoms with Crippen molar-refractivity contribution < 1.29 is 9.84 Å². The molecule has 0 saturated heterocycles. The van der Waals surface area contributed by atoms with Gasteiger partial charge in [-0.05, 0) is 28.8 Å². The molecule has 1 heterocycles. The van der Waals surface area contributed by atoms with E-state index in [1.165, 1.54) is 0 Å². The minimum atomic E-state index is -0.495. The largest absolute Gasteiger partial charge is 0.472 e. The number of aliphatic hydroxyl groups is 1. The van der Waals surface area contributed by atoms with Gasteiger partial charge in [-0.1, -0.05) is 48.0 Å². The van der Waals surface area contributed by atoms with Crippen LogP contribution in [0.15, 0.2) is 60.9 Å². The standard InChI is InChI=1S/C20H18ClN3O2/c21-15-6-3-4-13(8-15)12-26-19-11-22-10-18(23-19)24-20-16-7-2-1-5-14(16)9-17(20)25/h1-8,10-11,17,20,25H,9,12H2,(H,23,24)/t17-,20+/m1/s1. The first-order valence-corrected chi connectivity index (χ1v) is 8.78. The monoisotopic (exact) mass is 367 g/mol. The normalized spacial score (nSPS) is 18.4. The number of hydrogen-bond acceptors (Lipinski definition) is 5. The van der Waals surface area contributed by atoms with Crippen molar-refractivity contribution in [2.45, 2.75) is 25.2 Å². The van der Waals surface area contributed by atoms with Crippen LogP contribution >= 0.6 is 11.6 Å². The lowest BCUT2D eigenvalue weighted by molar-refractivity contribution is 0.165. The summed E-state index contributed by atoms with van der Waals surface area (Å²) in [5.74, 6) is 0.977. The van der Waals surface area contributed by atoms with Crippen molar-refractivity contribution in [3.63, 3.8) is 0 Å². The molecule has 2 atom stereocenters. The number of nitrogens with zero attached hydrogens (tertiary/aromatic N) is 2. The highest BCUT2D eigenvalue weighted by Crippen LogP contribution is 2.33. The number of rotatable bonds is 5. The van der Waals surface area contributed by atoms with Crippen molar-refractivity contribution in [3.05, 3.63) is 82.6 Å². The Morgan fingerprint density at radius 3 is 2.92 bits per heavy atom. The highest BCUT2D eigenvalue weighted by molar-refractivity contribution is 6.30. The van der Waals surface area contributed by atoms with Gasteiger partial charge in [-0.25, -0.2) is 0 Å². The Bertz CT molecular complexity index is 919. The van der Waals surface area contributed by atoms with Crippen LogP contribution in [0, 0.1) is 0 Å². The van der Waals surface area contributed by atoms with E-state index in [2.05, 4.69) is 15.3 Å². The zero-order chi connectivity index (χ0) is 17.9. The predicted molar refractivity (Wildman–Crippen MR) is 100 cm³/mol. The predicted octanol–water partition coefficient (Wildman–Crippen LogP) is 3.78. The smallest absolute Gasteiger partial charge is 0.234 e. The van der Waals surface area contributed by atoms with Gasteiger partial charge in [0.25, 0.3) is 0 Å². The molecule has 0 bridgehead atoms. The molecule has 0 aliphatic heterocycles. The maximum Gasteiger partial charge on any atom is 0.234 e. The van der Waals surface area contributed by atoms with E-state index in [0.717, 1.165) is 16.7 Å². The zero-order valence-electron chi connectivity index (χ0n) is 14.0. The van der Waals surface area contributed by atoms with Crippen molar-refractivity contribution >= 4 is 17.4 Å². The van der Waals surface area contributed by atoms with Crippen molar-refractivity contribution in [1.29, 1.82) is 0 Å². The first-order chi connectivity index (χ1) is 12.7. The van der Waals surface area contributed by atoms with Crippen LogP contribution in [-0.2, 0) is 13.0 Å². The van der Waals surface area contributed by atoms with Crippen LogP contribution in [0.5, 0.6) is 5.88 Å². The van der Waals surface area contributed by atoms with Crippen LogP contribution in [0.1, 0.15) is 22.7 Å². The molecule has 2 N–H and O–H groups in total. The minimum absolute atomic E-state index is 0.205. The maximum atomic E-state index is 10.4. The minimum Gasteiger partial charge on any atom is -0.472 e. The fourth-order valence-corrected chi connectivity index (χ4v) is 3.39. The van der Waals surface area contributed by atoms with Crippen molar-refractivity contribution in [2.24, 2.45) is 0 Å². The van der Waals surface area contributed by atoms with E-state index >= 15 is 0 Å². The Labute approximate surface area is 156 Å². The number of halogens is 1. The third-order valence-electron chi connectivity index (χ3n) is 4.40. The van der Waals surface area contributed by atoms with E-state index in [0.29, 0.717) is 29.7 Å². The molecule has 6 heteroatoms. The van der Waals surface area contributed by atoms with E-state index in [9.17, 15) is 5.11 Å². The quantitative estimate of drug-likeness (QED) is 0.718. The van der Waals surface area contributed by atoms with Crippen LogP contribution in [0.2, 0.25) is 5.02 Å². The van der Waals surface area contributed by atoms with Gasteiger partial charge in [-0.3, -0.25) is 4.98 Å². The Kier molecular flexibility index (Phi) is 4.73. The molecule has 0 radical (unpaired) electrons. The second-order valence-electron chi connectivity index (χ2n) is 6.25. The second kappa shape index (κ2) is 7.32. The number of aromatic nitrogens is 2. The molecule has 1 aliphatic carbocycles. The van der Waals surface area contributed by atoms with Gasteiger partial charge in [0.05, 0.1) is 24.5 Å². The Morgan fingerprint density at radius 2 is 2.04 bits per heavy atom. The average molecular weight is 368 g/mol. The van der Waals surface area contributed by atoms with Gasteiger partial charge >= 0.3 is 0 Å². The molecule has 1 aliphatic rings. The van der Waals surface area contributed by atoms with Gasteiger partial charge in [-0.15, -0.1) is 0 Å². The fourth-order valence-electron chi connectivity index (χ4n) is 3.18. The molecule has 3 aromatic rings. The van der Waals surface area contributed by atoms with Gasteiger partial charge in [-0.2, -0.15) is 4.98 Å². The van der Waals surface area contributed by atoms with Gasteiger partial charge in [0.15, 0.2) is 0 Å². The molecule has 26 heavy (non-hydrogen) atoms. The SMILES string of the molecule is O[C@@H]1Cc2ccccc2[C@@H]1Nc1cncc(OCc2cccc(Cl)c2)n1. The van der Waals surface area contributed by atoms with E-state index in [-0.39, 0.29) is 6.04 Å². The van der Waals surface area contributed by atoms with E-state index < -0.39 is 6.10 Å². The fraction of sp³-hybridized carbons (Fsp3) is 0.200. The average Bonchev–Trinajstić information content (AvgIpc) is 2.96. The zero-order valence-corrected chi connectivity index (χ0v) is 14.7. The summed E-state index contributed by atoms with van der Waals surface area (Å²) in [4.78, 5) is 8.62. The molecule has 132 valence electrons. The number of aliphatic hydroxyl groups excluding tert-OH is 1. The number of hydrogen-bond donors (Lipinski definition) is 2. The highest BCUT2D eigenvalue weighted by atomic mass is 35.5. The number of anilines is 1. The number of benzene rings is 2. The van der Waals surface area contributed by atoms with Crippen molar-refractivity contribution in [3.8, 4) is 5.88 Å². The lowest BCUT2D eigenvalue weighted by atomic mass is 10.1. The first-order valence-electron chi connectivity index (χ1n) is 8.41. The lowest BCUT2D eigenvalue weighted by Crippen LogP contribution is -2.21. The molecule has 0 spiro atoms.